The second kappa shape index (κ2) is 5.36. The molecule has 0 aliphatic heterocycles. The molecule has 1 atom stereocenters. The monoisotopic (exact) mass is 279 g/mol. The van der Waals surface area contributed by atoms with Crippen molar-refractivity contribution in [3.63, 3.8) is 0 Å². The van der Waals surface area contributed by atoms with Crippen LogP contribution in [0, 0.1) is 6.92 Å². The fourth-order valence-electron chi connectivity index (χ4n) is 1.75. The van der Waals surface area contributed by atoms with Crippen LogP contribution in [0.4, 0.5) is 5.69 Å². The molecule has 0 spiro atoms. The quantitative estimate of drug-likeness (QED) is 0.884. The highest BCUT2D eigenvalue weighted by atomic mass is 35.5. The van der Waals surface area contributed by atoms with Crippen molar-refractivity contribution in [2.24, 2.45) is 0 Å². The number of nitrogens with one attached hydrogen (secondary N) is 1. The molecule has 1 heterocycles. The van der Waals surface area contributed by atoms with E-state index in [0.717, 1.165) is 11.3 Å². The van der Waals surface area contributed by atoms with Crippen LogP contribution in [-0.4, -0.2) is 11.1 Å². The number of aromatic carboxylic acids is 1. The third-order valence-corrected chi connectivity index (χ3v) is 3.07. The summed E-state index contributed by atoms with van der Waals surface area (Å²) in [7, 11) is 0. The van der Waals surface area contributed by atoms with E-state index in [-0.39, 0.29) is 11.8 Å². The van der Waals surface area contributed by atoms with Gasteiger partial charge in [0.25, 0.3) is 0 Å². The first-order valence-corrected chi connectivity index (χ1v) is 6.21. The summed E-state index contributed by atoms with van der Waals surface area (Å²) in [5.41, 5.74) is 1.95. The van der Waals surface area contributed by atoms with Gasteiger partial charge >= 0.3 is 5.97 Å². The summed E-state index contributed by atoms with van der Waals surface area (Å²) in [6.07, 6.45) is 0. The molecule has 0 saturated carbocycles. The molecule has 5 heteroatoms. The van der Waals surface area contributed by atoms with Crippen molar-refractivity contribution in [2.75, 3.05) is 5.32 Å². The SMILES string of the molecule is Cc1ccc(Cl)cc1NC(C)c1ccc(C(=O)O)o1. The number of carboxylic acids is 1. The lowest BCUT2D eigenvalue weighted by atomic mass is 10.1. The Bertz CT molecular complexity index is 606. The zero-order valence-corrected chi connectivity index (χ0v) is 11.4. The van der Waals surface area contributed by atoms with Gasteiger partial charge < -0.3 is 14.8 Å². The molecule has 2 rings (SSSR count). The zero-order chi connectivity index (χ0) is 14.0. The molecule has 2 N–H and O–H groups in total. The average Bonchev–Trinajstić information content (AvgIpc) is 2.83. The Labute approximate surface area is 116 Å². The Hall–Kier alpha value is -1.94. The van der Waals surface area contributed by atoms with Crippen molar-refractivity contribution in [1.82, 2.24) is 0 Å². The number of halogens is 1. The van der Waals surface area contributed by atoms with Gasteiger partial charge in [0.1, 0.15) is 5.76 Å². The first-order chi connectivity index (χ1) is 8.97. The molecule has 0 aliphatic rings. The molecular weight excluding hydrogens is 266 g/mol. The third kappa shape index (κ3) is 3.09. The molecule has 1 aromatic heterocycles. The third-order valence-electron chi connectivity index (χ3n) is 2.84. The van der Waals surface area contributed by atoms with Gasteiger partial charge in [0.05, 0.1) is 6.04 Å². The summed E-state index contributed by atoms with van der Waals surface area (Å²) < 4.78 is 5.25. The maximum Gasteiger partial charge on any atom is 0.371 e. The van der Waals surface area contributed by atoms with Crippen LogP contribution in [0.3, 0.4) is 0 Å². The second-order valence-corrected chi connectivity index (χ2v) is 4.77. The molecule has 0 radical (unpaired) electrons. The minimum absolute atomic E-state index is 0.0635. The maximum atomic E-state index is 10.8. The van der Waals surface area contributed by atoms with Crippen LogP contribution in [0.25, 0.3) is 0 Å². The van der Waals surface area contributed by atoms with Crippen LogP contribution in [0.15, 0.2) is 34.7 Å². The molecule has 0 saturated heterocycles. The van der Waals surface area contributed by atoms with Crippen LogP contribution in [0.1, 0.15) is 34.8 Å². The largest absolute Gasteiger partial charge is 0.475 e. The standard InChI is InChI=1S/C14H14ClNO3/c1-8-3-4-10(15)7-11(8)16-9(2)12-5-6-13(19-12)14(17)18/h3-7,9,16H,1-2H3,(H,17,18). The second-order valence-electron chi connectivity index (χ2n) is 4.33. The summed E-state index contributed by atoms with van der Waals surface area (Å²) in [6.45, 7) is 3.86. The van der Waals surface area contributed by atoms with Crippen LogP contribution in [-0.2, 0) is 0 Å². The Balaban J connectivity index is 2.17. The summed E-state index contributed by atoms with van der Waals surface area (Å²) in [5, 5.41) is 12.7. The number of hydrogen-bond acceptors (Lipinski definition) is 3. The lowest BCUT2D eigenvalue weighted by molar-refractivity contribution is 0.0660. The van der Waals surface area contributed by atoms with Gasteiger partial charge in [-0.15, -0.1) is 0 Å². The number of furan rings is 1. The van der Waals surface area contributed by atoms with Gasteiger partial charge in [0.2, 0.25) is 5.76 Å². The van der Waals surface area contributed by atoms with Gasteiger partial charge in [-0.1, -0.05) is 17.7 Å². The van der Waals surface area contributed by atoms with Gasteiger partial charge in [0.15, 0.2) is 0 Å². The van der Waals surface area contributed by atoms with Gasteiger partial charge in [-0.3, -0.25) is 0 Å². The highest BCUT2D eigenvalue weighted by Crippen LogP contribution is 2.26. The van der Waals surface area contributed by atoms with Gasteiger partial charge in [-0.05, 0) is 43.7 Å². The fourth-order valence-corrected chi connectivity index (χ4v) is 1.93. The number of hydrogen-bond donors (Lipinski definition) is 2. The molecule has 100 valence electrons. The summed E-state index contributed by atoms with van der Waals surface area (Å²) in [4.78, 5) is 10.8. The number of carboxylic acid groups (broad SMARTS) is 1. The van der Waals surface area contributed by atoms with E-state index in [4.69, 9.17) is 21.1 Å². The van der Waals surface area contributed by atoms with E-state index in [9.17, 15) is 4.79 Å². The molecule has 1 unspecified atom stereocenters. The van der Waals surface area contributed by atoms with Crippen molar-refractivity contribution >= 4 is 23.3 Å². The summed E-state index contributed by atoms with van der Waals surface area (Å²) >= 11 is 5.95. The number of aryl methyl sites for hydroxylation is 1. The lowest BCUT2D eigenvalue weighted by Crippen LogP contribution is -2.06. The normalized spacial score (nSPS) is 12.2. The van der Waals surface area contributed by atoms with Crippen LogP contribution in [0.5, 0.6) is 0 Å². The smallest absolute Gasteiger partial charge is 0.371 e. The van der Waals surface area contributed by atoms with Crippen LogP contribution >= 0.6 is 11.6 Å². The highest BCUT2D eigenvalue weighted by molar-refractivity contribution is 6.30. The Morgan fingerprint density at radius 3 is 2.74 bits per heavy atom. The van der Waals surface area contributed by atoms with Crippen molar-refractivity contribution in [1.29, 1.82) is 0 Å². The zero-order valence-electron chi connectivity index (χ0n) is 10.6. The highest BCUT2D eigenvalue weighted by Gasteiger charge is 2.14. The molecule has 19 heavy (non-hydrogen) atoms. The van der Waals surface area contributed by atoms with E-state index in [1.54, 1.807) is 6.07 Å². The number of rotatable bonds is 4. The molecule has 0 amide bonds. The fraction of sp³-hybridized carbons (Fsp3) is 0.214. The predicted molar refractivity (Wildman–Crippen MR) is 73.9 cm³/mol. The Kier molecular flexibility index (Phi) is 3.81. The van der Waals surface area contributed by atoms with Gasteiger partial charge in [-0.2, -0.15) is 0 Å². The average molecular weight is 280 g/mol. The van der Waals surface area contributed by atoms with E-state index in [0.29, 0.717) is 10.8 Å². The summed E-state index contributed by atoms with van der Waals surface area (Å²) in [5.74, 6) is -0.569. The number of benzene rings is 1. The molecule has 0 aliphatic carbocycles. The molecular formula is C14H14ClNO3. The topological polar surface area (TPSA) is 62.5 Å². The van der Waals surface area contributed by atoms with Crippen molar-refractivity contribution in [3.8, 4) is 0 Å². The van der Waals surface area contributed by atoms with E-state index in [2.05, 4.69) is 5.32 Å². The summed E-state index contributed by atoms with van der Waals surface area (Å²) in [6, 6.07) is 8.52. The van der Waals surface area contributed by atoms with Gasteiger partial charge in [0, 0.05) is 10.7 Å². The molecule has 0 fully saturated rings. The maximum absolute atomic E-state index is 10.8. The Morgan fingerprint density at radius 2 is 2.11 bits per heavy atom. The lowest BCUT2D eigenvalue weighted by Gasteiger charge is -2.15. The molecule has 1 aromatic carbocycles. The van der Waals surface area contributed by atoms with E-state index < -0.39 is 5.97 Å². The van der Waals surface area contributed by atoms with Crippen molar-refractivity contribution < 1.29 is 14.3 Å². The van der Waals surface area contributed by atoms with Gasteiger partial charge in [-0.25, -0.2) is 4.79 Å². The first-order valence-electron chi connectivity index (χ1n) is 5.83. The molecule has 4 nitrogen and oxygen atoms in total. The first kappa shape index (κ1) is 13.5. The van der Waals surface area contributed by atoms with E-state index in [1.165, 1.54) is 6.07 Å². The number of anilines is 1. The minimum atomic E-state index is -1.07. The predicted octanol–water partition coefficient (Wildman–Crippen LogP) is 4.11. The molecule has 2 aromatic rings. The van der Waals surface area contributed by atoms with Crippen LogP contribution < -0.4 is 5.32 Å². The van der Waals surface area contributed by atoms with E-state index >= 15 is 0 Å². The van der Waals surface area contributed by atoms with Crippen LogP contribution in [0.2, 0.25) is 5.02 Å². The Morgan fingerprint density at radius 1 is 1.37 bits per heavy atom. The van der Waals surface area contributed by atoms with Crippen molar-refractivity contribution in [3.05, 3.63) is 52.4 Å². The molecule has 0 bridgehead atoms. The number of carbonyl (C=O) groups is 1. The van der Waals surface area contributed by atoms with E-state index in [1.807, 2.05) is 32.0 Å². The minimum Gasteiger partial charge on any atom is -0.475 e. The van der Waals surface area contributed by atoms with Crippen molar-refractivity contribution in [2.45, 2.75) is 19.9 Å².